The molecule has 1 fully saturated rings. The van der Waals surface area contributed by atoms with E-state index in [1.165, 1.54) is 0 Å². The summed E-state index contributed by atoms with van der Waals surface area (Å²) in [5, 5.41) is 0.891. The van der Waals surface area contributed by atoms with E-state index in [1.807, 2.05) is 31.2 Å². The molecular formula is C22H25NO5. The first-order valence-corrected chi connectivity index (χ1v) is 9.77. The van der Waals surface area contributed by atoms with Crippen molar-refractivity contribution in [2.45, 2.75) is 39.0 Å². The molecule has 0 unspecified atom stereocenters. The average molecular weight is 383 g/mol. The lowest BCUT2D eigenvalue weighted by Gasteiger charge is -2.24. The van der Waals surface area contributed by atoms with Gasteiger partial charge in [0.2, 0.25) is 0 Å². The van der Waals surface area contributed by atoms with Gasteiger partial charge in [-0.05, 0) is 55.7 Å². The van der Waals surface area contributed by atoms with Crippen molar-refractivity contribution in [3.05, 3.63) is 64.4 Å². The third kappa shape index (κ3) is 4.46. The standard InChI is InChI=1S/C22H25NO5/c1-2-25-17-7-8-21-20(12-17)16(11-22(24)28-21)13-23(14-18-5-3-9-26-18)15-19-6-4-10-27-19/h3,5,7-9,11-12,19H,2,4,6,10,13-15H2,1H3/t19-/m1/s1. The molecule has 6 heteroatoms. The van der Waals surface area contributed by atoms with Crippen LogP contribution in [-0.2, 0) is 17.8 Å². The molecule has 3 aromatic rings. The molecule has 0 N–H and O–H groups in total. The zero-order valence-electron chi connectivity index (χ0n) is 16.1. The van der Waals surface area contributed by atoms with Crippen LogP contribution in [0.1, 0.15) is 31.1 Å². The zero-order valence-corrected chi connectivity index (χ0v) is 16.1. The molecule has 0 spiro atoms. The summed E-state index contributed by atoms with van der Waals surface area (Å²) in [4.78, 5) is 14.4. The van der Waals surface area contributed by atoms with Gasteiger partial charge < -0.3 is 18.3 Å². The van der Waals surface area contributed by atoms with Crippen molar-refractivity contribution in [3.8, 4) is 5.75 Å². The molecule has 0 saturated carbocycles. The number of fused-ring (bicyclic) bond motifs is 1. The second-order valence-electron chi connectivity index (χ2n) is 7.07. The summed E-state index contributed by atoms with van der Waals surface area (Å²) in [6.45, 7) is 5.38. The number of nitrogens with zero attached hydrogens (tertiary/aromatic N) is 1. The molecule has 4 rings (SSSR count). The van der Waals surface area contributed by atoms with Crippen molar-refractivity contribution in [1.82, 2.24) is 4.90 Å². The van der Waals surface area contributed by atoms with Gasteiger partial charge in [0, 0.05) is 31.1 Å². The van der Waals surface area contributed by atoms with E-state index in [2.05, 4.69) is 4.90 Å². The molecule has 0 amide bonds. The lowest BCUT2D eigenvalue weighted by molar-refractivity contribution is 0.0656. The van der Waals surface area contributed by atoms with Crippen molar-refractivity contribution in [2.75, 3.05) is 19.8 Å². The van der Waals surface area contributed by atoms with Gasteiger partial charge in [-0.2, -0.15) is 0 Å². The molecule has 6 nitrogen and oxygen atoms in total. The molecule has 1 saturated heterocycles. The van der Waals surface area contributed by atoms with Gasteiger partial charge in [-0.15, -0.1) is 0 Å². The van der Waals surface area contributed by atoms with Gasteiger partial charge in [0.1, 0.15) is 17.1 Å². The Kier molecular flexibility index (Phi) is 5.78. The van der Waals surface area contributed by atoms with Crippen molar-refractivity contribution in [3.63, 3.8) is 0 Å². The van der Waals surface area contributed by atoms with Crippen LogP contribution in [0.5, 0.6) is 5.75 Å². The van der Waals surface area contributed by atoms with Gasteiger partial charge >= 0.3 is 5.63 Å². The monoisotopic (exact) mass is 383 g/mol. The summed E-state index contributed by atoms with van der Waals surface area (Å²) in [6.07, 6.45) is 4.04. The summed E-state index contributed by atoms with van der Waals surface area (Å²) in [6, 6.07) is 11.0. The number of hydrogen-bond acceptors (Lipinski definition) is 6. The van der Waals surface area contributed by atoms with E-state index in [0.717, 1.165) is 48.5 Å². The number of rotatable bonds is 8. The summed E-state index contributed by atoms with van der Waals surface area (Å²) >= 11 is 0. The Morgan fingerprint density at radius 2 is 2.14 bits per heavy atom. The molecule has 0 aliphatic carbocycles. The third-order valence-electron chi connectivity index (χ3n) is 4.95. The summed E-state index contributed by atoms with van der Waals surface area (Å²) in [5.74, 6) is 1.65. The molecule has 1 aliphatic rings. The van der Waals surface area contributed by atoms with Gasteiger partial charge in [0.15, 0.2) is 0 Å². The first-order chi connectivity index (χ1) is 13.7. The van der Waals surface area contributed by atoms with E-state index in [1.54, 1.807) is 18.4 Å². The van der Waals surface area contributed by atoms with Gasteiger partial charge in [-0.25, -0.2) is 4.79 Å². The van der Waals surface area contributed by atoms with E-state index < -0.39 is 0 Å². The fourth-order valence-electron chi connectivity index (χ4n) is 3.72. The highest BCUT2D eigenvalue weighted by molar-refractivity contribution is 5.81. The molecule has 0 radical (unpaired) electrons. The van der Waals surface area contributed by atoms with Crippen molar-refractivity contribution >= 4 is 11.0 Å². The fraction of sp³-hybridized carbons (Fsp3) is 0.409. The second-order valence-corrected chi connectivity index (χ2v) is 7.07. The summed E-state index contributed by atoms with van der Waals surface area (Å²) in [5.41, 5.74) is 1.14. The third-order valence-corrected chi connectivity index (χ3v) is 4.95. The first-order valence-electron chi connectivity index (χ1n) is 9.77. The van der Waals surface area contributed by atoms with E-state index >= 15 is 0 Å². The molecule has 1 aromatic carbocycles. The molecule has 148 valence electrons. The van der Waals surface area contributed by atoms with Crippen LogP contribution in [0.15, 0.2) is 56.3 Å². The van der Waals surface area contributed by atoms with Crippen molar-refractivity contribution in [1.29, 1.82) is 0 Å². The molecule has 1 aliphatic heterocycles. The Bertz CT molecular complexity index is 957. The van der Waals surface area contributed by atoms with Gasteiger partial charge in [-0.3, -0.25) is 4.90 Å². The zero-order chi connectivity index (χ0) is 19.3. The lowest BCUT2D eigenvalue weighted by atomic mass is 10.1. The maximum Gasteiger partial charge on any atom is 0.336 e. The lowest BCUT2D eigenvalue weighted by Crippen LogP contribution is -2.31. The van der Waals surface area contributed by atoms with E-state index in [4.69, 9.17) is 18.3 Å². The molecule has 28 heavy (non-hydrogen) atoms. The maximum atomic E-state index is 12.1. The number of furan rings is 1. The SMILES string of the molecule is CCOc1ccc2oc(=O)cc(CN(Cc3ccco3)C[C@H]3CCCO3)c2c1. The van der Waals surface area contributed by atoms with Crippen LogP contribution in [-0.4, -0.2) is 30.8 Å². The molecule has 0 bridgehead atoms. The minimum atomic E-state index is -0.346. The second kappa shape index (κ2) is 8.63. The largest absolute Gasteiger partial charge is 0.494 e. The first kappa shape index (κ1) is 18.8. The van der Waals surface area contributed by atoms with Crippen LogP contribution >= 0.6 is 0 Å². The van der Waals surface area contributed by atoms with Crippen LogP contribution in [0.25, 0.3) is 11.0 Å². The fourth-order valence-corrected chi connectivity index (χ4v) is 3.72. The minimum Gasteiger partial charge on any atom is -0.494 e. The number of ether oxygens (including phenoxy) is 2. The van der Waals surface area contributed by atoms with Crippen LogP contribution in [0.3, 0.4) is 0 Å². The smallest absolute Gasteiger partial charge is 0.336 e. The highest BCUT2D eigenvalue weighted by Gasteiger charge is 2.21. The normalized spacial score (nSPS) is 16.9. The quantitative estimate of drug-likeness (QED) is 0.549. The topological polar surface area (TPSA) is 65.0 Å². The van der Waals surface area contributed by atoms with Crippen LogP contribution in [0, 0.1) is 0 Å². The summed E-state index contributed by atoms with van der Waals surface area (Å²) < 4.78 is 22.4. The Morgan fingerprint density at radius 3 is 2.89 bits per heavy atom. The predicted octanol–water partition coefficient (Wildman–Crippen LogP) is 3.97. The van der Waals surface area contributed by atoms with Crippen LogP contribution in [0.2, 0.25) is 0 Å². The Morgan fingerprint density at radius 1 is 1.21 bits per heavy atom. The van der Waals surface area contributed by atoms with Gasteiger partial charge in [-0.1, -0.05) is 0 Å². The average Bonchev–Trinajstić information content (AvgIpc) is 3.36. The highest BCUT2D eigenvalue weighted by atomic mass is 16.5. The van der Waals surface area contributed by atoms with Gasteiger partial charge in [0.25, 0.3) is 0 Å². The van der Waals surface area contributed by atoms with E-state index in [-0.39, 0.29) is 11.7 Å². The van der Waals surface area contributed by atoms with Crippen molar-refractivity contribution < 1.29 is 18.3 Å². The van der Waals surface area contributed by atoms with Crippen LogP contribution in [0.4, 0.5) is 0 Å². The molecule has 3 heterocycles. The maximum absolute atomic E-state index is 12.1. The number of benzene rings is 1. The van der Waals surface area contributed by atoms with Crippen molar-refractivity contribution in [2.24, 2.45) is 0 Å². The van der Waals surface area contributed by atoms with Gasteiger partial charge in [0.05, 0.1) is 25.5 Å². The molecular weight excluding hydrogens is 358 g/mol. The van der Waals surface area contributed by atoms with Crippen LogP contribution < -0.4 is 10.4 Å². The Hall–Kier alpha value is -2.57. The Labute approximate surface area is 163 Å². The minimum absolute atomic E-state index is 0.209. The highest BCUT2D eigenvalue weighted by Crippen LogP contribution is 2.25. The number of hydrogen-bond donors (Lipinski definition) is 0. The van der Waals surface area contributed by atoms with E-state index in [9.17, 15) is 4.79 Å². The Balaban J connectivity index is 1.64. The van der Waals surface area contributed by atoms with E-state index in [0.29, 0.717) is 25.3 Å². The summed E-state index contributed by atoms with van der Waals surface area (Å²) in [7, 11) is 0. The molecule has 1 atom stereocenters. The molecule has 2 aromatic heterocycles. The predicted molar refractivity (Wildman–Crippen MR) is 105 cm³/mol.